The van der Waals surface area contributed by atoms with E-state index in [0.717, 1.165) is 16.7 Å². The number of hydrogen-bond acceptors (Lipinski definition) is 8. The molecule has 0 saturated carbocycles. The number of esters is 1. The van der Waals surface area contributed by atoms with E-state index >= 15 is 0 Å². The van der Waals surface area contributed by atoms with Gasteiger partial charge in [0, 0.05) is 11.8 Å². The molecule has 0 fully saturated rings. The summed E-state index contributed by atoms with van der Waals surface area (Å²) in [5.41, 5.74) is 3.77. The first-order chi connectivity index (χ1) is 15.9. The van der Waals surface area contributed by atoms with Gasteiger partial charge in [-0.25, -0.2) is 9.78 Å². The number of carbonyl (C=O) groups excluding carboxylic acids is 1. The average Bonchev–Trinajstić information content (AvgIpc) is 2.81. The minimum absolute atomic E-state index is 0.0473. The molecule has 1 heterocycles. The Bertz CT molecular complexity index is 1260. The number of rotatable bonds is 7. The van der Waals surface area contributed by atoms with Crippen LogP contribution in [0.5, 0.6) is 11.6 Å². The van der Waals surface area contributed by atoms with E-state index in [-0.39, 0.29) is 24.0 Å². The molecule has 8 nitrogen and oxygen atoms in total. The van der Waals surface area contributed by atoms with Crippen molar-refractivity contribution in [2.24, 2.45) is 0 Å². The number of aryl methyl sites for hydroxylation is 2. The highest BCUT2D eigenvalue weighted by Crippen LogP contribution is 2.32. The van der Waals surface area contributed by atoms with Gasteiger partial charge in [0.2, 0.25) is 11.8 Å². The molecule has 3 aromatic rings. The Hall–Kier alpha value is -4.69. The van der Waals surface area contributed by atoms with Crippen LogP contribution in [0, 0.1) is 36.5 Å². The summed E-state index contributed by atoms with van der Waals surface area (Å²) in [6.07, 6.45) is 4.46. The van der Waals surface area contributed by atoms with Gasteiger partial charge in [0.15, 0.2) is 0 Å². The van der Waals surface area contributed by atoms with Gasteiger partial charge in [-0.05, 0) is 79.9 Å². The number of hydrogen-bond donors (Lipinski definition) is 1. The first-order valence-corrected chi connectivity index (χ1v) is 10.1. The molecule has 0 spiro atoms. The van der Waals surface area contributed by atoms with E-state index in [1.807, 2.05) is 32.0 Å². The average molecular weight is 439 g/mol. The van der Waals surface area contributed by atoms with Gasteiger partial charge in [0.25, 0.3) is 0 Å². The molecular formula is C25H21N5O3. The zero-order valence-electron chi connectivity index (χ0n) is 18.4. The van der Waals surface area contributed by atoms with Crippen LogP contribution in [0.1, 0.15) is 39.5 Å². The van der Waals surface area contributed by atoms with Crippen LogP contribution >= 0.6 is 0 Å². The van der Waals surface area contributed by atoms with Crippen molar-refractivity contribution in [3.05, 3.63) is 76.5 Å². The maximum Gasteiger partial charge on any atom is 0.345 e. The summed E-state index contributed by atoms with van der Waals surface area (Å²) in [6.45, 7) is 5.64. The number of nitriles is 2. The monoisotopic (exact) mass is 439 g/mol. The summed E-state index contributed by atoms with van der Waals surface area (Å²) < 4.78 is 11.2. The highest BCUT2D eigenvalue weighted by molar-refractivity contribution is 5.91. The highest BCUT2D eigenvalue weighted by atomic mass is 16.5. The van der Waals surface area contributed by atoms with Gasteiger partial charge in [-0.2, -0.15) is 15.5 Å². The van der Waals surface area contributed by atoms with Crippen LogP contribution in [0.15, 0.2) is 48.7 Å². The molecule has 0 bridgehead atoms. The minimum atomic E-state index is -0.596. The molecule has 0 unspecified atom stereocenters. The van der Waals surface area contributed by atoms with Crippen molar-refractivity contribution in [3.63, 3.8) is 0 Å². The van der Waals surface area contributed by atoms with Gasteiger partial charge >= 0.3 is 5.97 Å². The molecule has 0 aliphatic heterocycles. The van der Waals surface area contributed by atoms with Crippen molar-refractivity contribution in [2.45, 2.75) is 20.8 Å². The Morgan fingerprint density at radius 1 is 1.15 bits per heavy atom. The van der Waals surface area contributed by atoms with Gasteiger partial charge in [0.1, 0.15) is 11.3 Å². The van der Waals surface area contributed by atoms with E-state index in [4.69, 9.17) is 20.0 Å². The van der Waals surface area contributed by atoms with Gasteiger partial charge in [-0.1, -0.05) is 0 Å². The summed E-state index contributed by atoms with van der Waals surface area (Å²) in [7, 11) is 0. The number of nitrogens with zero attached hydrogens (tertiary/aromatic N) is 4. The Labute approximate surface area is 191 Å². The third-order valence-electron chi connectivity index (χ3n) is 4.55. The van der Waals surface area contributed by atoms with E-state index in [1.165, 1.54) is 12.3 Å². The van der Waals surface area contributed by atoms with Crippen molar-refractivity contribution in [2.75, 3.05) is 11.9 Å². The Balaban J connectivity index is 1.98. The smallest absolute Gasteiger partial charge is 0.345 e. The third kappa shape index (κ3) is 5.72. The van der Waals surface area contributed by atoms with Crippen molar-refractivity contribution in [1.82, 2.24) is 9.97 Å². The van der Waals surface area contributed by atoms with Crippen LogP contribution in [-0.2, 0) is 4.74 Å². The Kier molecular flexibility index (Phi) is 7.35. The predicted octanol–water partition coefficient (Wildman–Crippen LogP) is 5.21. The second-order valence-electron chi connectivity index (χ2n) is 7.00. The summed E-state index contributed by atoms with van der Waals surface area (Å²) in [6, 6.07) is 14.6. The molecule has 1 N–H and O–H groups in total. The van der Waals surface area contributed by atoms with E-state index in [2.05, 4.69) is 21.4 Å². The fourth-order valence-electron chi connectivity index (χ4n) is 3.08. The molecule has 0 aliphatic carbocycles. The van der Waals surface area contributed by atoms with Crippen molar-refractivity contribution < 1.29 is 14.3 Å². The lowest BCUT2D eigenvalue weighted by Crippen LogP contribution is -2.10. The van der Waals surface area contributed by atoms with E-state index < -0.39 is 5.97 Å². The molecule has 3 rings (SSSR count). The number of ether oxygens (including phenoxy) is 2. The zero-order chi connectivity index (χ0) is 23.8. The second kappa shape index (κ2) is 10.6. The molecular weight excluding hydrogens is 418 g/mol. The first kappa shape index (κ1) is 23.0. The van der Waals surface area contributed by atoms with Gasteiger partial charge < -0.3 is 14.8 Å². The number of nitrogens with one attached hydrogen (secondary N) is 1. The van der Waals surface area contributed by atoms with E-state index in [0.29, 0.717) is 17.0 Å². The lowest BCUT2D eigenvalue weighted by atomic mass is 10.1. The van der Waals surface area contributed by atoms with Crippen molar-refractivity contribution in [3.8, 4) is 23.8 Å². The molecule has 8 heteroatoms. The van der Waals surface area contributed by atoms with Gasteiger partial charge in [0.05, 0.1) is 30.5 Å². The lowest BCUT2D eigenvalue weighted by Gasteiger charge is -2.15. The maximum absolute atomic E-state index is 12.5. The topological polar surface area (TPSA) is 121 Å². The number of allylic oxidation sites excluding steroid dienone is 1. The SMILES string of the molecule is CCOC(=O)c1cnc(Nc2ccc(C#N)cc2)nc1Oc1c(C)cc(C=CC#N)cc1C. The number of benzene rings is 2. The molecule has 2 aromatic carbocycles. The quantitative estimate of drug-likeness (QED) is 0.393. The molecule has 0 aliphatic rings. The number of aromatic nitrogens is 2. The molecule has 0 atom stereocenters. The van der Waals surface area contributed by atoms with Gasteiger partial charge in [-0.3, -0.25) is 0 Å². The maximum atomic E-state index is 12.5. The van der Waals surface area contributed by atoms with Crippen LogP contribution in [0.3, 0.4) is 0 Å². The summed E-state index contributed by atoms with van der Waals surface area (Å²) in [4.78, 5) is 21.1. The predicted molar refractivity (Wildman–Crippen MR) is 123 cm³/mol. The van der Waals surface area contributed by atoms with Crippen molar-refractivity contribution >= 4 is 23.7 Å². The summed E-state index contributed by atoms with van der Waals surface area (Å²) in [5.74, 6) is 0.205. The highest BCUT2D eigenvalue weighted by Gasteiger charge is 2.20. The third-order valence-corrected chi connectivity index (χ3v) is 4.55. The molecule has 0 amide bonds. The standard InChI is InChI=1S/C25H21N5O3/c1-4-32-24(31)21-15-28-25(29-20-9-7-18(14-27)8-10-20)30-23(21)33-22-16(2)12-19(6-5-11-26)13-17(22)3/h5-10,12-13,15H,4H2,1-3H3,(H,28,29,30). The van der Waals surface area contributed by atoms with Crippen LogP contribution in [0.4, 0.5) is 11.6 Å². The second-order valence-corrected chi connectivity index (χ2v) is 7.00. The minimum Gasteiger partial charge on any atom is -0.462 e. The lowest BCUT2D eigenvalue weighted by molar-refractivity contribution is 0.0522. The summed E-state index contributed by atoms with van der Waals surface area (Å²) in [5, 5.41) is 20.7. The van der Waals surface area contributed by atoms with E-state index in [1.54, 1.807) is 37.3 Å². The molecule has 1 aromatic heterocycles. The van der Waals surface area contributed by atoms with E-state index in [9.17, 15) is 4.79 Å². The molecule has 0 saturated heterocycles. The van der Waals surface area contributed by atoms with Crippen LogP contribution < -0.4 is 10.1 Å². The first-order valence-electron chi connectivity index (χ1n) is 10.1. The van der Waals surface area contributed by atoms with Gasteiger partial charge in [-0.15, -0.1) is 0 Å². The fourth-order valence-corrected chi connectivity index (χ4v) is 3.08. The molecule has 0 radical (unpaired) electrons. The largest absolute Gasteiger partial charge is 0.462 e. The zero-order valence-corrected chi connectivity index (χ0v) is 18.4. The molecule has 33 heavy (non-hydrogen) atoms. The number of carbonyl (C=O) groups is 1. The van der Waals surface area contributed by atoms with Crippen LogP contribution in [-0.4, -0.2) is 22.5 Å². The Morgan fingerprint density at radius 3 is 2.45 bits per heavy atom. The van der Waals surface area contributed by atoms with Crippen LogP contribution in [0.25, 0.3) is 6.08 Å². The Morgan fingerprint density at radius 2 is 1.85 bits per heavy atom. The summed E-state index contributed by atoms with van der Waals surface area (Å²) >= 11 is 0. The number of anilines is 2. The van der Waals surface area contributed by atoms with Crippen LogP contribution in [0.2, 0.25) is 0 Å². The molecule has 164 valence electrons. The van der Waals surface area contributed by atoms with Crippen molar-refractivity contribution in [1.29, 1.82) is 10.5 Å². The fraction of sp³-hybridized carbons (Fsp3) is 0.160. The normalized spacial score (nSPS) is 10.3.